The Kier molecular flexibility index (Phi) is 5.18. The number of hydrogen-bond acceptors (Lipinski definition) is 3. The van der Waals surface area contributed by atoms with E-state index in [4.69, 9.17) is 10.2 Å². The maximum absolute atomic E-state index is 9.86. The van der Waals surface area contributed by atoms with E-state index in [1.54, 1.807) is 0 Å². The number of rotatable bonds is 4. The van der Waals surface area contributed by atoms with Gasteiger partial charge in [0.2, 0.25) is 0 Å². The highest BCUT2D eigenvalue weighted by molar-refractivity contribution is 7.23. The zero-order valence-corrected chi connectivity index (χ0v) is 5.50. The molecule has 0 spiro atoms. The lowest BCUT2D eigenvalue weighted by Gasteiger charge is -1.98. The van der Waals surface area contributed by atoms with Crippen molar-refractivity contribution in [1.82, 2.24) is 0 Å². The molecule has 0 radical (unpaired) electrons. The van der Waals surface area contributed by atoms with Gasteiger partial charge >= 0.3 is 8.46 Å². The fourth-order valence-electron chi connectivity index (χ4n) is 0.305. The van der Waals surface area contributed by atoms with Gasteiger partial charge < -0.3 is 10.2 Å². The molecule has 0 rings (SSSR count). The Balaban J connectivity index is 3.20. The SMILES string of the molecule is O=[PH+]CC(CO)CO. The molecule has 2 N–H and O–H groups in total. The maximum Gasteiger partial charge on any atom is 0.325 e. The van der Waals surface area contributed by atoms with Gasteiger partial charge in [-0.05, 0) is 0 Å². The minimum atomic E-state index is -0.418. The summed E-state index contributed by atoms with van der Waals surface area (Å²) in [6.45, 7) is -0.155. The second-order valence-electron chi connectivity index (χ2n) is 1.58. The van der Waals surface area contributed by atoms with Crippen LogP contribution < -0.4 is 0 Å². The molecule has 0 aromatic carbocycles. The predicted octanol–water partition coefficient (Wildman–Crippen LogP) is -0.389. The average Bonchev–Trinajstić information content (AvgIpc) is 1.83. The average molecular weight is 137 g/mol. The highest BCUT2D eigenvalue weighted by Gasteiger charge is 2.08. The summed E-state index contributed by atoms with van der Waals surface area (Å²) < 4.78 is 9.86. The zero-order chi connectivity index (χ0) is 6.41. The summed E-state index contributed by atoms with van der Waals surface area (Å²) in [5.41, 5.74) is 0. The first-order valence-electron chi connectivity index (χ1n) is 2.41. The van der Waals surface area contributed by atoms with Crippen LogP contribution in [0.25, 0.3) is 0 Å². The van der Waals surface area contributed by atoms with E-state index < -0.39 is 8.46 Å². The molecule has 0 aliphatic heterocycles. The van der Waals surface area contributed by atoms with E-state index in [0.29, 0.717) is 6.16 Å². The van der Waals surface area contributed by atoms with E-state index in [-0.39, 0.29) is 19.1 Å². The van der Waals surface area contributed by atoms with E-state index in [0.717, 1.165) is 0 Å². The van der Waals surface area contributed by atoms with Gasteiger partial charge in [-0.25, -0.2) is 0 Å². The Morgan fingerprint density at radius 2 is 1.88 bits per heavy atom. The Morgan fingerprint density at radius 1 is 1.38 bits per heavy atom. The van der Waals surface area contributed by atoms with Gasteiger partial charge in [-0.15, -0.1) is 0 Å². The molecule has 0 saturated carbocycles. The third kappa shape index (κ3) is 3.08. The Morgan fingerprint density at radius 3 is 2.00 bits per heavy atom. The van der Waals surface area contributed by atoms with Crippen molar-refractivity contribution in [2.45, 2.75) is 0 Å². The second kappa shape index (κ2) is 5.16. The van der Waals surface area contributed by atoms with Gasteiger partial charge in [0.1, 0.15) is 0 Å². The first-order chi connectivity index (χ1) is 3.85. The van der Waals surface area contributed by atoms with E-state index in [1.165, 1.54) is 0 Å². The molecule has 0 fully saturated rings. The molecule has 8 heavy (non-hydrogen) atoms. The number of aliphatic hydroxyl groups excluding tert-OH is 2. The Hall–Kier alpha value is 0.0200. The van der Waals surface area contributed by atoms with Gasteiger partial charge in [0.25, 0.3) is 0 Å². The van der Waals surface area contributed by atoms with Crippen molar-refractivity contribution in [2.75, 3.05) is 19.4 Å². The summed E-state index contributed by atoms with van der Waals surface area (Å²) in [5, 5.41) is 16.7. The summed E-state index contributed by atoms with van der Waals surface area (Å²) in [7, 11) is -0.418. The van der Waals surface area contributed by atoms with Crippen LogP contribution in [0.1, 0.15) is 0 Å². The lowest BCUT2D eigenvalue weighted by atomic mass is 10.2. The zero-order valence-electron chi connectivity index (χ0n) is 4.50. The normalized spacial score (nSPS) is 10.9. The van der Waals surface area contributed by atoms with Crippen molar-refractivity contribution in [1.29, 1.82) is 0 Å². The van der Waals surface area contributed by atoms with Crippen LogP contribution in [0.15, 0.2) is 0 Å². The smallest absolute Gasteiger partial charge is 0.325 e. The van der Waals surface area contributed by atoms with Gasteiger partial charge in [-0.1, -0.05) is 4.57 Å². The molecule has 0 aromatic heterocycles. The first-order valence-corrected chi connectivity index (χ1v) is 3.53. The molecular weight excluding hydrogens is 127 g/mol. The fraction of sp³-hybridized carbons (Fsp3) is 1.00. The second-order valence-corrected chi connectivity index (χ2v) is 2.28. The van der Waals surface area contributed by atoms with Gasteiger partial charge in [0.15, 0.2) is 6.16 Å². The summed E-state index contributed by atoms with van der Waals surface area (Å²) in [5.74, 6) is -0.189. The minimum absolute atomic E-state index is 0.0776. The van der Waals surface area contributed by atoms with Crippen molar-refractivity contribution < 1.29 is 14.8 Å². The Bertz CT molecular complexity index is 62.3. The summed E-state index contributed by atoms with van der Waals surface area (Å²) in [6, 6.07) is 0. The molecule has 1 unspecified atom stereocenters. The summed E-state index contributed by atoms with van der Waals surface area (Å²) in [6.07, 6.45) is 0.396. The predicted molar refractivity (Wildman–Crippen MR) is 31.5 cm³/mol. The van der Waals surface area contributed by atoms with Gasteiger partial charge in [0.05, 0.1) is 13.2 Å². The lowest BCUT2D eigenvalue weighted by Crippen LogP contribution is -2.11. The molecule has 0 amide bonds. The van der Waals surface area contributed by atoms with Crippen LogP contribution >= 0.6 is 8.46 Å². The largest absolute Gasteiger partial charge is 0.396 e. The lowest BCUT2D eigenvalue weighted by molar-refractivity contribution is 0.164. The van der Waals surface area contributed by atoms with Crippen LogP contribution in [0.4, 0.5) is 0 Å². The first kappa shape index (κ1) is 8.02. The van der Waals surface area contributed by atoms with Crippen LogP contribution in [0.5, 0.6) is 0 Å². The standard InChI is InChI=1S/C4H9O3P/c5-1-4(2-6)3-8-7/h4-6H,1-3H2/p+1. The summed E-state index contributed by atoms with van der Waals surface area (Å²) in [4.78, 5) is 0. The third-order valence-electron chi connectivity index (χ3n) is 0.888. The van der Waals surface area contributed by atoms with E-state index >= 15 is 0 Å². The maximum atomic E-state index is 9.86. The third-order valence-corrected chi connectivity index (χ3v) is 1.63. The highest BCUT2D eigenvalue weighted by Crippen LogP contribution is 2.02. The van der Waals surface area contributed by atoms with E-state index in [9.17, 15) is 4.57 Å². The van der Waals surface area contributed by atoms with Crippen LogP contribution in [0.2, 0.25) is 0 Å². The molecule has 0 aliphatic rings. The molecule has 1 atom stereocenters. The topological polar surface area (TPSA) is 57.5 Å². The molecule has 4 heteroatoms. The quantitative estimate of drug-likeness (QED) is 0.519. The van der Waals surface area contributed by atoms with Crippen LogP contribution in [0.3, 0.4) is 0 Å². The molecule has 3 nitrogen and oxygen atoms in total. The van der Waals surface area contributed by atoms with Crippen molar-refractivity contribution >= 4 is 8.46 Å². The van der Waals surface area contributed by atoms with E-state index in [2.05, 4.69) is 0 Å². The summed E-state index contributed by atoms with van der Waals surface area (Å²) >= 11 is 0. The number of hydrogen-bond donors (Lipinski definition) is 2. The van der Waals surface area contributed by atoms with E-state index in [1.807, 2.05) is 0 Å². The highest BCUT2D eigenvalue weighted by atomic mass is 31.1. The number of aliphatic hydroxyl groups is 2. The van der Waals surface area contributed by atoms with Crippen molar-refractivity contribution in [3.05, 3.63) is 0 Å². The van der Waals surface area contributed by atoms with Crippen molar-refractivity contribution in [3.8, 4) is 0 Å². The Labute approximate surface area is 49.5 Å². The molecule has 0 saturated heterocycles. The van der Waals surface area contributed by atoms with Crippen LogP contribution in [-0.4, -0.2) is 29.6 Å². The molecule has 48 valence electrons. The molecular formula is C4H10O3P+. The van der Waals surface area contributed by atoms with Crippen LogP contribution in [0, 0.1) is 5.92 Å². The van der Waals surface area contributed by atoms with Gasteiger partial charge in [-0.3, -0.25) is 0 Å². The molecule has 0 heterocycles. The van der Waals surface area contributed by atoms with Gasteiger partial charge in [-0.2, -0.15) is 0 Å². The monoisotopic (exact) mass is 137 g/mol. The minimum Gasteiger partial charge on any atom is -0.396 e. The van der Waals surface area contributed by atoms with Gasteiger partial charge in [0, 0.05) is 5.92 Å². The molecule has 0 aliphatic carbocycles. The van der Waals surface area contributed by atoms with Crippen LogP contribution in [-0.2, 0) is 4.57 Å². The van der Waals surface area contributed by atoms with Crippen molar-refractivity contribution in [2.24, 2.45) is 5.92 Å². The fourth-order valence-corrected chi connectivity index (χ4v) is 0.799. The van der Waals surface area contributed by atoms with Crippen molar-refractivity contribution in [3.63, 3.8) is 0 Å². The molecule has 0 bridgehead atoms. The molecule has 0 aromatic rings.